The molecule has 2 heterocycles. The fourth-order valence-corrected chi connectivity index (χ4v) is 3.64. The Morgan fingerprint density at radius 3 is 2.75 bits per heavy atom. The highest BCUT2D eigenvalue weighted by atomic mass is 79.9. The molecule has 8 heteroatoms. The number of hydrogen-bond donors (Lipinski definition) is 3. The number of fused-ring (bicyclic) bond motifs is 1. The lowest BCUT2D eigenvalue weighted by atomic mass is 10.3. The first-order valence-electron chi connectivity index (χ1n) is 5.61. The average Bonchev–Trinajstić information content (AvgIpc) is 2.90. The molecule has 0 aliphatic rings. The van der Waals surface area contributed by atoms with Crippen molar-refractivity contribution >= 4 is 70.9 Å². The lowest BCUT2D eigenvalue weighted by Crippen LogP contribution is -2.11. The number of benzene rings is 1. The number of halogens is 2. The van der Waals surface area contributed by atoms with Crippen LogP contribution in [0, 0.1) is 0 Å². The van der Waals surface area contributed by atoms with E-state index in [2.05, 4.69) is 52.6 Å². The smallest absolute Gasteiger partial charge is 0.240 e. The van der Waals surface area contributed by atoms with Crippen molar-refractivity contribution in [1.29, 1.82) is 0 Å². The van der Waals surface area contributed by atoms with E-state index in [0.717, 1.165) is 24.8 Å². The third-order valence-corrected chi connectivity index (χ3v) is 4.59. The highest BCUT2D eigenvalue weighted by Crippen LogP contribution is 2.32. The average molecular weight is 415 g/mol. The van der Waals surface area contributed by atoms with Gasteiger partial charge in [0.25, 0.3) is 0 Å². The standard InChI is InChI=1S/C12H9Br2N5S/c13-6-1-2-9(8(14)5-6)16-10-7-3-4-20-11(7)18-12(17-10)19-15/h1-5H,15H2,(H2,16,17,18,19). The molecule has 3 aromatic rings. The van der Waals surface area contributed by atoms with Crippen LogP contribution in [0.3, 0.4) is 0 Å². The fraction of sp³-hybridized carbons (Fsp3) is 0. The normalized spacial score (nSPS) is 10.8. The first-order chi connectivity index (χ1) is 9.67. The molecule has 0 saturated heterocycles. The molecule has 5 nitrogen and oxygen atoms in total. The third-order valence-electron chi connectivity index (χ3n) is 2.64. The summed E-state index contributed by atoms with van der Waals surface area (Å²) in [5, 5.41) is 6.23. The lowest BCUT2D eigenvalue weighted by Gasteiger charge is -2.10. The molecule has 20 heavy (non-hydrogen) atoms. The number of nitrogens with zero attached hydrogens (tertiary/aromatic N) is 2. The van der Waals surface area contributed by atoms with Crippen molar-refractivity contribution in [2.24, 2.45) is 5.84 Å². The maximum absolute atomic E-state index is 5.41. The summed E-state index contributed by atoms with van der Waals surface area (Å²) >= 11 is 8.49. The van der Waals surface area contributed by atoms with Crippen molar-refractivity contribution < 1.29 is 0 Å². The number of rotatable bonds is 3. The molecule has 0 aliphatic heterocycles. The molecule has 102 valence electrons. The van der Waals surface area contributed by atoms with Crippen LogP contribution in [0.5, 0.6) is 0 Å². The van der Waals surface area contributed by atoms with Crippen LogP contribution >= 0.6 is 43.2 Å². The van der Waals surface area contributed by atoms with Gasteiger partial charge in [0, 0.05) is 8.95 Å². The van der Waals surface area contributed by atoms with Crippen LogP contribution in [0.25, 0.3) is 10.2 Å². The highest BCUT2D eigenvalue weighted by molar-refractivity contribution is 9.11. The van der Waals surface area contributed by atoms with Crippen LogP contribution in [-0.2, 0) is 0 Å². The summed E-state index contributed by atoms with van der Waals surface area (Å²) in [5.41, 5.74) is 3.40. The summed E-state index contributed by atoms with van der Waals surface area (Å²) in [6, 6.07) is 7.87. The highest BCUT2D eigenvalue weighted by Gasteiger charge is 2.10. The maximum atomic E-state index is 5.41. The molecule has 3 rings (SSSR count). The minimum atomic E-state index is 0.385. The van der Waals surface area contributed by atoms with Gasteiger partial charge in [-0.05, 0) is 45.6 Å². The maximum Gasteiger partial charge on any atom is 0.240 e. The molecule has 0 saturated carbocycles. The molecule has 1 aromatic carbocycles. The molecule has 4 N–H and O–H groups in total. The number of nitrogens with one attached hydrogen (secondary N) is 2. The van der Waals surface area contributed by atoms with E-state index in [4.69, 9.17) is 5.84 Å². The molecular formula is C12H9Br2N5S. The summed E-state index contributed by atoms with van der Waals surface area (Å²) in [6.07, 6.45) is 0. The second-order valence-electron chi connectivity index (χ2n) is 3.93. The van der Waals surface area contributed by atoms with Gasteiger partial charge in [0.1, 0.15) is 10.6 Å². The van der Waals surface area contributed by atoms with Crippen LogP contribution in [0.2, 0.25) is 0 Å². The topological polar surface area (TPSA) is 75.9 Å². The number of thiophene rings is 1. The van der Waals surface area contributed by atoms with E-state index in [1.807, 2.05) is 29.6 Å². The number of hydrazine groups is 1. The lowest BCUT2D eigenvalue weighted by molar-refractivity contribution is 1.16. The van der Waals surface area contributed by atoms with Gasteiger partial charge < -0.3 is 5.32 Å². The zero-order chi connectivity index (χ0) is 14.1. The van der Waals surface area contributed by atoms with Crippen LogP contribution < -0.4 is 16.6 Å². The van der Waals surface area contributed by atoms with Gasteiger partial charge in [-0.1, -0.05) is 15.9 Å². The fourth-order valence-electron chi connectivity index (χ4n) is 1.73. The second-order valence-corrected chi connectivity index (χ2v) is 6.59. The number of nitrogens with two attached hydrogens (primary N) is 1. The predicted molar refractivity (Wildman–Crippen MR) is 90.3 cm³/mol. The third kappa shape index (κ3) is 2.64. The van der Waals surface area contributed by atoms with Crippen LogP contribution in [0.4, 0.5) is 17.5 Å². The van der Waals surface area contributed by atoms with E-state index in [1.165, 1.54) is 0 Å². The predicted octanol–water partition coefficient (Wildman–Crippen LogP) is 4.25. The Morgan fingerprint density at radius 1 is 1.15 bits per heavy atom. The largest absolute Gasteiger partial charge is 0.339 e. The number of anilines is 3. The van der Waals surface area contributed by atoms with Crippen molar-refractivity contribution in [3.05, 3.63) is 38.6 Å². The van der Waals surface area contributed by atoms with Gasteiger partial charge in [0.2, 0.25) is 5.95 Å². The molecule has 0 spiro atoms. The van der Waals surface area contributed by atoms with Gasteiger partial charge >= 0.3 is 0 Å². The Balaban J connectivity index is 2.07. The van der Waals surface area contributed by atoms with Crippen LogP contribution in [0.15, 0.2) is 38.6 Å². The molecular weight excluding hydrogens is 406 g/mol. The van der Waals surface area contributed by atoms with Gasteiger partial charge in [0.15, 0.2) is 0 Å². The van der Waals surface area contributed by atoms with E-state index in [1.54, 1.807) is 11.3 Å². The van der Waals surface area contributed by atoms with Gasteiger partial charge in [-0.25, -0.2) is 10.8 Å². The minimum Gasteiger partial charge on any atom is -0.339 e. The molecule has 0 aliphatic carbocycles. The molecule has 0 fully saturated rings. The van der Waals surface area contributed by atoms with Gasteiger partial charge in [-0.3, -0.25) is 5.43 Å². The number of nitrogen functional groups attached to an aromatic ring is 1. The second kappa shape index (κ2) is 5.65. The van der Waals surface area contributed by atoms with Crippen molar-refractivity contribution in [2.75, 3.05) is 10.7 Å². The molecule has 0 bridgehead atoms. The van der Waals surface area contributed by atoms with Crippen molar-refractivity contribution in [3.8, 4) is 0 Å². The summed E-state index contributed by atoms with van der Waals surface area (Å²) in [7, 11) is 0. The van der Waals surface area contributed by atoms with Gasteiger partial charge in [-0.2, -0.15) is 4.98 Å². The molecule has 0 unspecified atom stereocenters. The van der Waals surface area contributed by atoms with Crippen molar-refractivity contribution in [3.63, 3.8) is 0 Å². The van der Waals surface area contributed by atoms with E-state index in [9.17, 15) is 0 Å². The first-order valence-corrected chi connectivity index (χ1v) is 8.08. The SMILES string of the molecule is NNc1nc(Nc2ccc(Br)cc2Br)c2ccsc2n1. The Labute approximate surface area is 135 Å². The van der Waals surface area contributed by atoms with E-state index >= 15 is 0 Å². The summed E-state index contributed by atoms with van der Waals surface area (Å²) in [4.78, 5) is 9.55. The monoisotopic (exact) mass is 413 g/mol. The molecule has 0 atom stereocenters. The van der Waals surface area contributed by atoms with Crippen LogP contribution in [0.1, 0.15) is 0 Å². The first kappa shape index (κ1) is 13.7. The van der Waals surface area contributed by atoms with E-state index in [0.29, 0.717) is 11.8 Å². The summed E-state index contributed by atoms with van der Waals surface area (Å²) in [6.45, 7) is 0. The Morgan fingerprint density at radius 2 is 2.00 bits per heavy atom. The Kier molecular flexibility index (Phi) is 3.88. The summed E-state index contributed by atoms with van der Waals surface area (Å²) in [5.74, 6) is 6.51. The van der Waals surface area contributed by atoms with Gasteiger partial charge in [0.05, 0.1) is 11.1 Å². The number of aromatic nitrogens is 2. The van der Waals surface area contributed by atoms with Crippen molar-refractivity contribution in [2.45, 2.75) is 0 Å². The minimum absolute atomic E-state index is 0.385. The van der Waals surface area contributed by atoms with Crippen molar-refractivity contribution in [1.82, 2.24) is 9.97 Å². The summed E-state index contributed by atoms with van der Waals surface area (Å²) < 4.78 is 1.94. The zero-order valence-corrected chi connectivity index (χ0v) is 14.0. The van der Waals surface area contributed by atoms with E-state index in [-0.39, 0.29) is 0 Å². The Bertz CT molecular complexity index is 774. The molecule has 0 radical (unpaired) electrons. The Hall–Kier alpha value is -1.22. The molecule has 0 amide bonds. The van der Waals surface area contributed by atoms with E-state index < -0.39 is 0 Å². The zero-order valence-electron chi connectivity index (χ0n) is 10.0. The number of hydrogen-bond acceptors (Lipinski definition) is 6. The molecule has 2 aromatic heterocycles. The van der Waals surface area contributed by atoms with Gasteiger partial charge in [-0.15, -0.1) is 11.3 Å². The quantitative estimate of drug-likeness (QED) is 0.441. The van der Waals surface area contributed by atoms with Crippen LogP contribution in [-0.4, -0.2) is 9.97 Å².